The Bertz CT molecular complexity index is 742. The van der Waals surface area contributed by atoms with Crippen LogP contribution in [0.2, 0.25) is 0 Å². The van der Waals surface area contributed by atoms with E-state index in [1.165, 1.54) is 11.4 Å². The van der Waals surface area contributed by atoms with Crippen molar-refractivity contribution >= 4 is 5.96 Å². The molecule has 2 aromatic rings. The zero-order valence-electron chi connectivity index (χ0n) is 17.7. The van der Waals surface area contributed by atoms with Gasteiger partial charge in [-0.15, -0.1) is 0 Å². The van der Waals surface area contributed by atoms with Crippen LogP contribution < -0.4 is 10.6 Å². The molecule has 0 aliphatic carbocycles. The Morgan fingerprint density at radius 3 is 2.22 bits per heavy atom. The molecule has 7 nitrogen and oxygen atoms in total. The minimum Gasteiger partial charge on any atom is -0.357 e. The molecule has 0 spiro atoms. The summed E-state index contributed by atoms with van der Waals surface area (Å²) in [5, 5.41) is 15.8. The van der Waals surface area contributed by atoms with E-state index in [0.29, 0.717) is 5.92 Å². The van der Waals surface area contributed by atoms with Crippen molar-refractivity contribution < 1.29 is 0 Å². The maximum Gasteiger partial charge on any atom is 0.191 e. The third-order valence-electron chi connectivity index (χ3n) is 4.44. The second kappa shape index (κ2) is 10.1. The molecule has 0 saturated heterocycles. The molecular weight excluding hydrogens is 338 g/mol. The maximum absolute atomic E-state index is 4.74. The van der Waals surface area contributed by atoms with Gasteiger partial charge in [-0.3, -0.25) is 14.4 Å². The second-order valence-electron chi connectivity index (χ2n) is 7.36. The van der Waals surface area contributed by atoms with Gasteiger partial charge in [0.25, 0.3) is 0 Å². The van der Waals surface area contributed by atoms with Gasteiger partial charge in [-0.25, -0.2) is 0 Å². The van der Waals surface area contributed by atoms with Gasteiger partial charge < -0.3 is 10.6 Å². The molecule has 2 rings (SSSR count). The van der Waals surface area contributed by atoms with Crippen LogP contribution in [-0.2, 0) is 13.1 Å². The highest BCUT2D eigenvalue weighted by atomic mass is 15.3. The molecule has 7 heteroatoms. The number of nitrogens with zero attached hydrogens (tertiary/aromatic N) is 5. The third-order valence-corrected chi connectivity index (χ3v) is 4.44. The van der Waals surface area contributed by atoms with Crippen LogP contribution in [0.3, 0.4) is 0 Å². The Morgan fingerprint density at radius 1 is 1.04 bits per heavy atom. The summed E-state index contributed by atoms with van der Waals surface area (Å²) < 4.78 is 4.14. The van der Waals surface area contributed by atoms with Crippen LogP contribution in [0.5, 0.6) is 0 Å². The van der Waals surface area contributed by atoms with Crippen LogP contribution in [0.25, 0.3) is 0 Å². The summed E-state index contributed by atoms with van der Waals surface area (Å²) in [6.07, 6.45) is 1.01. The van der Waals surface area contributed by atoms with E-state index in [9.17, 15) is 0 Å². The molecule has 0 radical (unpaired) electrons. The summed E-state index contributed by atoms with van der Waals surface area (Å²) in [5.74, 6) is 1.30. The predicted octanol–water partition coefficient (Wildman–Crippen LogP) is 2.59. The number of aromatic nitrogens is 4. The maximum atomic E-state index is 4.74. The van der Waals surface area contributed by atoms with Gasteiger partial charge in [0.15, 0.2) is 5.96 Å². The van der Waals surface area contributed by atoms with Crippen LogP contribution in [0.15, 0.2) is 17.1 Å². The average molecular weight is 374 g/mol. The highest BCUT2D eigenvalue weighted by Gasteiger charge is 2.07. The largest absolute Gasteiger partial charge is 0.357 e. The zero-order valence-corrected chi connectivity index (χ0v) is 17.7. The lowest BCUT2D eigenvalue weighted by molar-refractivity contribution is 0.449. The van der Waals surface area contributed by atoms with Crippen LogP contribution in [0.1, 0.15) is 43.0 Å². The first-order valence-corrected chi connectivity index (χ1v) is 9.93. The van der Waals surface area contributed by atoms with E-state index in [2.05, 4.69) is 70.0 Å². The lowest BCUT2D eigenvalue weighted by atomic mass is 10.2. The van der Waals surface area contributed by atoms with Gasteiger partial charge in [-0.1, -0.05) is 6.92 Å². The van der Waals surface area contributed by atoms with Crippen molar-refractivity contribution in [3.05, 3.63) is 34.9 Å². The Kier molecular flexibility index (Phi) is 7.88. The molecule has 0 saturated carbocycles. The lowest BCUT2D eigenvalue weighted by Crippen LogP contribution is -2.38. The summed E-state index contributed by atoms with van der Waals surface area (Å²) in [6.45, 7) is 16.9. The van der Waals surface area contributed by atoms with Gasteiger partial charge in [0.05, 0.1) is 11.4 Å². The van der Waals surface area contributed by atoms with Crippen molar-refractivity contribution in [1.29, 1.82) is 0 Å². The Morgan fingerprint density at radius 2 is 1.67 bits per heavy atom. The minimum atomic E-state index is 0.424. The number of hydrogen-bond donors (Lipinski definition) is 2. The van der Waals surface area contributed by atoms with Gasteiger partial charge in [0.2, 0.25) is 0 Å². The van der Waals surface area contributed by atoms with E-state index < -0.39 is 0 Å². The zero-order chi connectivity index (χ0) is 19.8. The summed E-state index contributed by atoms with van der Waals surface area (Å²) in [4.78, 5) is 4.74. The fraction of sp³-hybridized carbons (Fsp3) is 0.650. The molecule has 1 unspecified atom stereocenters. The molecular formula is C20H35N7. The van der Waals surface area contributed by atoms with Gasteiger partial charge in [0.1, 0.15) is 0 Å². The number of hydrogen-bond acceptors (Lipinski definition) is 3. The van der Waals surface area contributed by atoms with Crippen LogP contribution in [0, 0.1) is 33.6 Å². The Hall–Kier alpha value is -2.31. The molecule has 0 amide bonds. The highest BCUT2D eigenvalue weighted by molar-refractivity contribution is 5.79. The fourth-order valence-corrected chi connectivity index (χ4v) is 3.14. The summed E-state index contributed by atoms with van der Waals surface area (Å²) in [5.41, 5.74) is 4.57. The molecule has 0 aliphatic heterocycles. The van der Waals surface area contributed by atoms with E-state index in [-0.39, 0.29) is 0 Å². The predicted molar refractivity (Wildman–Crippen MR) is 111 cm³/mol. The Labute approximate surface area is 163 Å². The van der Waals surface area contributed by atoms with Crippen molar-refractivity contribution in [3.63, 3.8) is 0 Å². The first-order chi connectivity index (χ1) is 12.9. The number of guanidine groups is 1. The SMILES string of the molecule is CCNC(=NCC(C)Cn1nc(C)cc1C)NCCCn1nc(C)cc1C. The van der Waals surface area contributed by atoms with Gasteiger partial charge in [0, 0.05) is 44.1 Å². The van der Waals surface area contributed by atoms with E-state index in [1.54, 1.807) is 0 Å². The Balaban J connectivity index is 1.78. The molecule has 2 heterocycles. The normalized spacial score (nSPS) is 13.0. The molecule has 27 heavy (non-hydrogen) atoms. The van der Waals surface area contributed by atoms with Gasteiger partial charge >= 0.3 is 0 Å². The van der Waals surface area contributed by atoms with Crippen molar-refractivity contribution in [2.45, 2.75) is 61.1 Å². The second-order valence-corrected chi connectivity index (χ2v) is 7.36. The van der Waals surface area contributed by atoms with Crippen molar-refractivity contribution in [1.82, 2.24) is 30.2 Å². The monoisotopic (exact) mass is 373 g/mol. The number of aryl methyl sites for hydroxylation is 5. The number of nitrogens with one attached hydrogen (secondary N) is 2. The van der Waals surface area contributed by atoms with Crippen LogP contribution in [-0.4, -0.2) is 45.2 Å². The van der Waals surface area contributed by atoms with Gasteiger partial charge in [-0.05, 0) is 59.1 Å². The first-order valence-electron chi connectivity index (χ1n) is 9.93. The standard InChI is InChI=1S/C20H35N7/c1-7-21-20(22-9-8-10-26-18(5)11-16(3)24-26)23-13-15(2)14-27-19(6)12-17(4)25-27/h11-12,15H,7-10,13-14H2,1-6H3,(H2,21,22,23). The lowest BCUT2D eigenvalue weighted by Gasteiger charge is -2.14. The summed E-state index contributed by atoms with van der Waals surface area (Å²) in [6, 6.07) is 4.23. The highest BCUT2D eigenvalue weighted by Crippen LogP contribution is 2.07. The van der Waals surface area contributed by atoms with Gasteiger partial charge in [-0.2, -0.15) is 10.2 Å². The summed E-state index contributed by atoms with van der Waals surface area (Å²) >= 11 is 0. The van der Waals surface area contributed by atoms with Crippen molar-refractivity contribution in [2.75, 3.05) is 19.6 Å². The number of rotatable bonds is 9. The fourth-order valence-electron chi connectivity index (χ4n) is 3.14. The molecule has 0 bridgehead atoms. The van der Waals surface area contributed by atoms with Crippen LogP contribution >= 0.6 is 0 Å². The van der Waals surface area contributed by atoms with E-state index in [0.717, 1.165) is 56.5 Å². The number of aliphatic imine (C=N–C) groups is 1. The topological polar surface area (TPSA) is 72.1 Å². The minimum absolute atomic E-state index is 0.424. The summed E-state index contributed by atoms with van der Waals surface area (Å²) in [7, 11) is 0. The average Bonchev–Trinajstić information content (AvgIpc) is 3.09. The molecule has 150 valence electrons. The smallest absolute Gasteiger partial charge is 0.191 e. The van der Waals surface area contributed by atoms with E-state index in [1.807, 2.05) is 13.8 Å². The van der Waals surface area contributed by atoms with Crippen molar-refractivity contribution in [3.8, 4) is 0 Å². The molecule has 2 N–H and O–H groups in total. The van der Waals surface area contributed by atoms with E-state index in [4.69, 9.17) is 4.99 Å². The quantitative estimate of drug-likeness (QED) is 0.403. The molecule has 2 aromatic heterocycles. The molecule has 1 atom stereocenters. The third kappa shape index (κ3) is 6.73. The first kappa shape index (κ1) is 21.0. The molecule has 0 aliphatic rings. The van der Waals surface area contributed by atoms with Crippen LogP contribution in [0.4, 0.5) is 0 Å². The molecule has 0 aromatic carbocycles. The van der Waals surface area contributed by atoms with Crippen molar-refractivity contribution in [2.24, 2.45) is 10.9 Å². The molecule has 0 fully saturated rings. The van der Waals surface area contributed by atoms with E-state index >= 15 is 0 Å².